The van der Waals surface area contributed by atoms with Gasteiger partial charge in [-0.05, 0) is 42.3 Å². The summed E-state index contributed by atoms with van der Waals surface area (Å²) < 4.78 is 3.38. The van der Waals surface area contributed by atoms with Crippen molar-refractivity contribution < 1.29 is 9.90 Å². The molecule has 0 amide bonds. The average molecular weight is 367 g/mol. The number of carboxylic acid groups (broad SMARTS) is 1. The minimum Gasteiger partial charge on any atom is -0.478 e. The zero-order valence-electron chi connectivity index (χ0n) is 15.1. The second-order valence-corrected chi connectivity index (χ2v) is 6.80. The molecule has 9 heteroatoms. The second kappa shape index (κ2) is 7.26. The van der Waals surface area contributed by atoms with Crippen LogP contribution in [0.4, 0.5) is 0 Å². The van der Waals surface area contributed by atoms with E-state index in [0.29, 0.717) is 24.6 Å². The summed E-state index contributed by atoms with van der Waals surface area (Å²) in [6, 6.07) is 6.88. The lowest BCUT2D eigenvalue weighted by atomic mass is 10.1. The SMILES string of the molecule is Cc1nnnn1CCc1nc(C2CCCC2)nn1-c1ccccc1C(=O)O. The molecule has 0 spiro atoms. The van der Waals surface area contributed by atoms with Crippen molar-refractivity contribution in [2.75, 3.05) is 0 Å². The lowest BCUT2D eigenvalue weighted by molar-refractivity contribution is 0.0696. The highest BCUT2D eigenvalue weighted by molar-refractivity contribution is 5.91. The Hall–Kier alpha value is -3.10. The molecule has 9 nitrogen and oxygen atoms in total. The number of hydrogen-bond donors (Lipinski definition) is 1. The number of carboxylic acids is 1. The summed E-state index contributed by atoms with van der Waals surface area (Å²) in [4.78, 5) is 16.4. The summed E-state index contributed by atoms with van der Waals surface area (Å²) in [5.74, 6) is 1.61. The van der Waals surface area contributed by atoms with Gasteiger partial charge in [-0.25, -0.2) is 19.1 Å². The standard InChI is InChI=1S/C18H21N7O2/c1-12-20-22-23-24(12)11-10-16-19-17(13-6-2-3-7-13)21-25(16)15-9-5-4-8-14(15)18(26)27/h4-5,8-9,13H,2-3,6-7,10-11H2,1H3,(H,26,27). The van der Waals surface area contributed by atoms with Crippen LogP contribution in [0.5, 0.6) is 0 Å². The number of benzene rings is 1. The van der Waals surface area contributed by atoms with E-state index in [1.54, 1.807) is 27.6 Å². The Morgan fingerprint density at radius 3 is 2.74 bits per heavy atom. The van der Waals surface area contributed by atoms with E-state index < -0.39 is 5.97 Å². The fourth-order valence-corrected chi connectivity index (χ4v) is 3.57. The Bertz CT molecular complexity index is 956. The smallest absolute Gasteiger partial charge is 0.337 e. The molecule has 0 bridgehead atoms. The van der Waals surface area contributed by atoms with E-state index in [9.17, 15) is 9.90 Å². The van der Waals surface area contributed by atoms with E-state index in [4.69, 9.17) is 10.1 Å². The van der Waals surface area contributed by atoms with E-state index in [1.807, 2.05) is 13.0 Å². The molecule has 0 saturated heterocycles. The minimum absolute atomic E-state index is 0.209. The van der Waals surface area contributed by atoms with Crippen molar-refractivity contribution >= 4 is 5.97 Å². The number of rotatable bonds is 6. The van der Waals surface area contributed by atoms with Crippen molar-refractivity contribution in [3.63, 3.8) is 0 Å². The summed E-state index contributed by atoms with van der Waals surface area (Å²) in [6.07, 6.45) is 5.08. The van der Waals surface area contributed by atoms with Gasteiger partial charge in [0, 0.05) is 12.3 Å². The third kappa shape index (κ3) is 3.44. The van der Waals surface area contributed by atoms with E-state index in [1.165, 1.54) is 12.8 Å². The van der Waals surface area contributed by atoms with E-state index >= 15 is 0 Å². The Morgan fingerprint density at radius 1 is 1.26 bits per heavy atom. The Kier molecular flexibility index (Phi) is 4.66. The van der Waals surface area contributed by atoms with Gasteiger partial charge in [0.15, 0.2) is 5.82 Å². The first kappa shape index (κ1) is 17.3. The maximum atomic E-state index is 11.7. The average Bonchev–Trinajstić information content (AvgIpc) is 3.40. The molecule has 0 atom stereocenters. The van der Waals surface area contributed by atoms with E-state index in [2.05, 4.69) is 15.5 Å². The first-order chi connectivity index (χ1) is 13.1. The van der Waals surface area contributed by atoms with Crippen LogP contribution < -0.4 is 0 Å². The fourth-order valence-electron chi connectivity index (χ4n) is 3.57. The van der Waals surface area contributed by atoms with Gasteiger partial charge in [-0.3, -0.25) is 0 Å². The minimum atomic E-state index is -0.981. The van der Waals surface area contributed by atoms with Crippen molar-refractivity contribution in [1.82, 2.24) is 35.0 Å². The summed E-state index contributed by atoms with van der Waals surface area (Å²) >= 11 is 0. The predicted octanol–water partition coefficient (Wildman–Crippen LogP) is 2.16. The molecular formula is C18H21N7O2. The number of carbonyl (C=O) groups is 1. The molecule has 1 aliphatic rings. The molecule has 1 N–H and O–H groups in total. The van der Waals surface area contributed by atoms with Gasteiger partial charge in [0.2, 0.25) is 0 Å². The van der Waals surface area contributed by atoms with Gasteiger partial charge in [-0.1, -0.05) is 25.0 Å². The molecule has 4 rings (SSSR count). The first-order valence-corrected chi connectivity index (χ1v) is 9.15. The van der Waals surface area contributed by atoms with Gasteiger partial charge in [0.25, 0.3) is 0 Å². The van der Waals surface area contributed by atoms with Crippen LogP contribution in [0.1, 0.15) is 59.4 Å². The molecule has 2 heterocycles. The summed E-state index contributed by atoms with van der Waals surface area (Å²) in [5.41, 5.74) is 0.741. The molecule has 0 aliphatic heterocycles. The first-order valence-electron chi connectivity index (χ1n) is 9.15. The number of para-hydroxylation sites is 1. The molecule has 1 fully saturated rings. The van der Waals surface area contributed by atoms with Crippen LogP contribution in [-0.4, -0.2) is 46.0 Å². The van der Waals surface area contributed by atoms with Crippen LogP contribution in [0.2, 0.25) is 0 Å². The second-order valence-electron chi connectivity index (χ2n) is 6.80. The van der Waals surface area contributed by atoms with Crippen molar-refractivity contribution in [3.8, 4) is 5.69 Å². The molecule has 1 saturated carbocycles. The third-order valence-corrected chi connectivity index (χ3v) is 5.03. The van der Waals surface area contributed by atoms with E-state index in [0.717, 1.165) is 30.3 Å². The molecule has 0 unspecified atom stereocenters. The van der Waals surface area contributed by atoms with Crippen LogP contribution in [0.15, 0.2) is 24.3 Å². The van der Waals surface area contributed by atoms with Crippen molar-refractivity contribution in [2.45, 2.75) is 51.5 Å². The van der Waals surface area contributed by atoms with Gasteiger partial charge in [-0.2, -0.15) is 5.10 Å². The third-order valence-electron chi connectivity index (χ3n) is 5.03. The van der Waals surface area contributed by atoms with Crippen LogP contribution in [0.3, 0.4) is 0 Å². The topological polar surface area (TPSA) is 112 Å². The normalized spacial score (nSPS) is 14.7. The molecule has 3 aromatic rings. The maximum absolute atomic E-state index is 11.7. The molecule has 27 heavy (non-hydrogen) atoms. The molecule has 140 valence electrons. The van der Waals surface area contributed by atoms with Crippen LogP contribution in [-0.2, 0) is 13.0 Å². The lowest BCUT2D eigenvalue weighted by Crippen LogP contribution is -2.13. The van der Waals surface area contributed by atoms with Gasteiger partial charge in [0.05, 0.1) is 17.8 Å². The summed E-state index contributed by atoms with van der Waals surface area (Å²) in [5, 5.41) is 25.8. The molecule has 1 aromatic carbocycles. The molecular weight excluding hydrogens is 346 g/mol. The van der Waals surface area contributed by atoms with Crippen LogP contribution in [0.25, 0.3) is 5.69 Å². The van der Waals surface area contributed by atoms with Gasteiger partial charge < -0.3 is 5.11 Å². The summed E-state index contributed by atoms with van der Waals surface area (Å²) in [6.45, 7) is 2.39. The maximum Gasteiger partial charge on any atom is 0.337 e. The zero-order valence-corrected chi connectivity index (χ0v) is 15.1. The van der Waals surface area contributed by atoms with Crippen molar-refractivity contribution in [2.24, 2.45) is 0 Å². The highest BCUT2D eigenvalue weighted by Gasteiger charge is 2.24. The largest absolute Gasteiger partial charge is 0.478 e. The summed E-state index contributed by atoms with van der Waals surface area (Å²) in [7, 11) is 0. The molecule has 0 radical (unpaired) electrons. The molecule has 1 aliphatic carbocycles. The number of aromatic carboxylic acids is 1. The number of tetrazole rings is 1. The predicted molar refractivity (Wildman–Crippen MR) is 95.8 cm³/mol. The van der Waals surface area contributed by atoms with Crippen LogP contribution >= 0.6 is 0 Å². The number of aryl methyl sites for hydroxylation is 3. The quantitative estimate of drug-likeness (QED) is 0.710. The number of aromatic nitrogens is 7. The van der Waals surface area contributed by atoms with Crippen molar-refractivity contribution in [1.29, 1.82) is 0 Å². The zero-order chi connectivity index (χ0) is 18.8. The highest BCUT2D eigenvalue weighted by Crippen LogP contribution is 2.33. The van der Waals surface area contributed by atoms with Crippen molar-refractivity contribution in [3.05, 3.63) is 47.3 Å². The Labute approximate surface area is 156 Å². The van der Waals surface area contributed by atoms with Gasteiger partial charge in [0.1, 0.15) is 11.6 Å². The highest BCUT2D eigenvalue weighted by atomic mass is 16.4. The number of hydrogen-bond acceptors (Lipinski definition) is 6. The monoisotopic (exact) mass is 367 g/mol. The fraction of sp³-hybridized carbons (Fsp3) is 0.444. The van der Waals surface area contributed by atoms with Gasteiger partial charge in [-0.15, -0.1) is 5.10 Å². The Morgan fingerprint density at radius 2 is 2.04 bits per heavy atom. The van der Waals surface area contributed by atoms with Gasteiger partial charge >= 0.3 is 5.97 Å². The van der Waals surface area contributed by atoms with Crippen LogP contribution in [0, 0.1) is 6.92 Å². The lowest BCUT2D eigenvalue weighted by Gasteiger charge is -2.09. The number of nitrogens with zero attached hydrogens (tertiary/aromatic N) is 7. The van der Waals surface area contributed by atoms with E-state index in [-0.39, 0.29) is 5.56 Å². The Balaban J connectivity index is 1.72. The molecule has 2 aromatic heterocycles.